The van der Waals surface area contributed by atoms with Gasteiger partial charge in [0.1, 0.15) is 0 Å². The molecule has 1 aromatic carbocycles. The molecule has 2 aliphatic carbocycles. The second-order valence-corrected chi connectivity index (χ2v) is 9.82. The number of hydrogen-bond acceptors (Lipinski definition) is 4. The second-order valence-electron chi connectivity index (χ2n) is 9.82. The van der Waals surface area contributed by atoms with E-state index in [0.29, 0.717) is 18.4 Å². The Morgan fingerprint density at radius 2 is 1.86 bits per heavy atom. The zero-order valence-electron chi connectivity index (χ0n) is 18.7. The number of aryl methyl sites for hydroxylation is 1. The summed E-state index contributed by atoms with van der Waals surface area (Å²) in [6.07, 6.45) is 5.83. The van der Waals surface area contributed by atoms with Crippen molar-refractivity contribution in [1.82, 2.24) is 0 Å². The number of hydrogen-bond donors (Lipinski definition) is 0. The lowest BCUT2D eigenvalue weighted by molar-refractivity contribution is -0.154. The minimum Gasteiger partial charge on any atom is -0.469 e. The lowest BCUT2D eigenvalue weighted by Crippen LogP contribution is -2.51. The van der Waals surface area contributed by atoms with Crippen molar-refractivity contribution in [3.63, 3.8) is 0 Å². The lowest BCUT2D eigenvalue weighted by Gasteiger charge is -2.55. The average Bonchev–Trinajstić information content (AvgIpc) is 2.70. The second kappa shape index (κ2) is 8.49. The highest BCUT2D eigenvalue weighted by Gasteiger charge is 2.52. The van der Waals surface area contributed by atoms with Crippen LogP contribution in [-0.2, 0) is 30.9 Å². The molecule has 4 heteroatoms. The largest absolute Gasteiger partial charge is 0.469 e. The third-order valence-corrected chi connectivity index (χ3v) is 7.49. The molecule has 0 radical (unpaired) electrons. The molecule has 0 N–H and O–H groups in total. The molecule has 160 valence electrons. The molecule has 0 bridgehead atoms. The summed E-state index contributed by atoms with van der Waals surface area (Å²) in [6.45, 7) is 9.65. The summed E-state index contributed by atoms with van der Waals surface area (Å²) in [7, 11) is 1.34. The number of benzene rings is 1. The number of methoxy groups -OCH3 is 1. The monoisotopic (exact) mass is 400 g/mol. The van der Waals surface area contributed by atoms with E-state index in [4.69, 9.17) is 4.74 Å². The molecule has 0 heterocycles. The Labute approximate surface area is 175 Å². The van der Waals surface area contributed by atoms with Gasteiger partial charge in [0.05, 0.1) is 26.6 Å². The van der Waals surface area contributed by atoms with Crippen molar-refractivity contribution in [2.75, 3.05) is 13.7 Å². The zero-order chi connectivity index (χ0) is 21.2. The number of esters is 2. The van der Waals surface area contributed by atoms with Crippen molar-refractivity contribution >= 4 is 11.9 Å². The van der Waals surface area contributed by atoms with Crippen molar-refractivity contribution in [2.45, 2.75) is 84.0 Å². The van der Waals surface area contributed by atoms with Gasteiger partial charge < -0.3 is 9.47 Å². The van der Waals surface area contributed by atoms with Gasteiger partial charge >= 0.3 is 11.9 Å². The summed E-state index contributed by atoms with van der Waals surface area (Å²) in [5.74, 6) is 0.367. The molecule has 1 aromatic rings. The normalized spacial score (nSPS) is 28.4. The van der Waals surface area contributed by atoms with E-state index in [1.807, 2.05) is 0 Å². The SMILES string of the molecule is COC(=O)CCC(=O)OC[C@]1(C)CCC[C@]2(C)c3ccc(C(C)C)cc3CC[C@@H]12. The number of rotatable bonds is 6. The van der Waals surface area contributed by atoms with Crippen LogP contribution in [0.2, 0.25) is 0 Å². The van der Waals surface area contributed by atoms with E-state index in [-0.39, 0.29) is 35.6 Å². The van der Waals surface area contributed by atoms with Crippen LogP contribution in [0, 0.1) is 11.3 Å². The predicted octanol–water partition coefficient (Wildman–Crippen LogP) is 5.32. The Kier molecular flexibility index (Phi) is 6.40. The molecule has 0 unspecified atom stereocenters. The Bertz CT molecular complexity index is 768. The topological polar surface area (TPSA) is 52.6 Å². The minimum atomic E-state index is -0.372. The Balaban J connectivity index is 1.75. The minimum absolute atomic E-state index is 0.0255. The molecular weight excluding hydrogens is 364 g/mol. The van der Waals surface area contributed by atoms with Crippen LogP contribution in [0.5, 0.6) is 0 Å². The summed E-state index contributed by atoms with van der Waals surface area (Å²) < 4.78 is 10.3. The first-order chi connectivity index (χ1) is 13.7. The van der Waals surface area contributed by atoms with Gasteiger partial charge in [-0.25, -0.2) is 0 Å². The van der Waals surface area contributed by atoms with Gasteiger partial charge in [-0.1, -0.05) is 52.3 Å². The highest BCUT2D eigenvalue weighted by Crippen LogP contribution is 2.57. The molecule has 0 spiro atoms. The van der Waals surface area contributed by atoms with E-state index in [0.717, 1.165) is 25.7 Å². The van der Waals surface area contributed by atoms with Crippen LogP contribution in [-0.4, -0.2) is 25.7 Å². The smallest absolute Gasteiger partial charge is 0.306 e. The molecule has 1 fully saturated rings. The van der Waals surface area contributed by atoms with Crippen molar-refractivity contribution in [3.05, 3.63) is 34.9 Å². The van der Waals surface area contributed by atoms with Gasteiger partial charge in [-0.2, -0.15) is 0 Å². The van der Waals surface area contributed by atoms with Gasteiger partial charge in [-0.05, 0) is 59.6 Å². The van der Waals surface area contributed by atoms with Crippen LogP contribution in [0.4, 0.5) is 0 Å². The van der Waals surface area contributed by atoms with Gasteiger partial charge in [-0.3, -0.25) is 9.59 Å². The van der Waals surface area contributed by atoms with E-state index in [1.54, 1.807) is 0 Å². The molecule has 0 aromatic heterocycles. The fourth-order valence-electron chi connectivity index (χ4n) is 5.80. The third-order valence-electron chi connectivity index (χ3n) is 7.49. The molecule has 2 aliphatic rings. The maximum atomic E-state index is 12.2. The molecule has 0 aliphatic heterocycles. The summed E-state index contributed by atoms with van der Waals surface area (Å²) in [5, 5.41) is 0. The summed E-state index contributed by atoms with van der Waals surface area (Å²) in [6, 6.07) is 7.08. The van der Waals surface area contributed by atoms with Gasteiger partial charge in [0.25, 0.3) is 0 Å². The molecule has 3 rings (SSSR count). The average molecular weight is 401 g/mol. The van der Waals surface area contributed by atoms with Gasteiger partial charge in [0, 0.05) is 5.41 Å². The van der Waals surface area contributed by atoms with Crippen molar-refractivity contribution in [3.8, 4) is 0 Å². The lowest BCUT2D eigenvalue weighted by atomic mass is 9.50. The van der Waals surface area contributed by atoms with E-state index < -0.39 is 0 Å². The summed E-state index contributed by atoms with van der Waals surface area (Å²) in [5.41, 5.74) is 4.54. The summed E-state index contributed by atoms with van der Waals surface area (Å²) >= 11 is 0. The van der Waals surface area contributed by atoms with Crippen LogP contribution in [0.25, 0.3) is 0 Å². The van der Waals surface area contributed by atoms with E-state index in [9.17, 15) is 9.59 Å². The quantitative estimate of drug-likeness (QED) is 0.607. The van der Waals surface area contributed by atoms with Gasteiger partial charge in [-0.15, -0.1) is 0 Å². The van der Waals surface area contributed by atoms with Crippen LogP contribution >= 0.6 is 0 Å². The zero-order valence-corrected chi connectivity index (χ0v) is 18.7. The number of ether oxygens (including phenoxy) is 2. The molecular formula is C25H36O4. The Morgan fingerprint density at radius 1 is 1.14 bits per heavy atom. The van der Waals surface area contributed by atoms with Crippen LogP contribution in [0.15, 0.2) is 18.2 Å². The fraction of sp³-hybridized carbons (Fsp3) is 0.680. The first-order valence-electron chi connectivity index (χ1n) is 11.1. The number of fused-ring (bicyclic) bond motifs is 3. The van der Waals surface area contributed by atoms with Gasteiger partial charge in [0.15, 0.2) is 0 Å². The highest BCUT2D eigenvalue weighted by atomic mass is 16.5. The molecule has 0 amide bonds. The van der Waals surface area contributed by atoms with Crippen molar-refractivity contribution in [1.29, 1.82) is 0 Å². The number of carbonyl (C=O) groups excluding carboxylic acids is 2. The third kappa shape index (κ3) is 4.36. The molecule has 1 saturated carbocycles. The molecule has 4 nitrogen and oxygen atoms in total. The Morgan fingerprint density at radius 3 is 2.55 bits per heavy atom. The summed E-state index contributed by atoms with van der Waals surface area (Å²) in [4.78, 5) is 23.4. The van der Waals surface area contributed by atoms with E-state index >= 15 is 0 Å². The molecule has 29 heavy (non-hydrogen) atoms. The number of carbonyl (C=O) groups is 2. The maximum Gasteiger partial charge on any atom is 0.306 e. The fourth-order valence-corrected chi connectivity index (χ4v) is 5.80. The highest BCUT2D eigenvalue weighted by molar-refractivity contribution is 5.77. The van der Waals surface area contributed by atoms with Crippen molar-refractivity contribution in [2.24, 2.45) is 11.3 Å². The van der Waals surface area contributed by atoms with Gasteiger partial charge in [0.2, 0.25) is 0 Å². The standard InChI is InChI=1S/C25H36O4/c1-17(2)18-7-9-20-19(15-18)8-10-21-24(3,13-6-14-25(20,21)4)16-29-23(27)12-11-22(26)28-5/h7,9,15,17,21H,6,8,10-14,16H2,1-5H3/t21-,24-,25+/m0/s1. The maximum absolute atomic E-state index is 12.2. The van der Waals surface area contributed by atoms with Crippen molar-refractivity contribution < 1.29 is 19.1 Å². The van der Waals surface area contributed by atoms with Crippen LogP contribution < -0.4 is 0 Å². The van der Waals surface area contributed by atoms with Crippen LogP contribution in [0.3, 0.4) is 0 Å². The van der Waals surface area contributed by atoms with E-state index in [2.05, 4.69) is 50.6 Å². The van der Waals surface area contributed by atoms with Crippen LogP contribution in [0.1, 0.15) is 88.8 Å². The first kappa shape index (κ1) is 21.9. The predicted molar refractivity (Wildman–Crippen MR) is 114 cm³/mol. The van der Waals surface area contributed by atoms with E-state index in [1.165, 1.54) is 30.2 Å². The first-order valence-corrected chi connectivity index (χ1v) is 11.1. The molecule has 3 atom stereocenters. The molecule has 0 saturated heterocycles. The Hall–Kier alpha value is -1.84.